The number of nitrogens with zero attached hydrogens (tertiary/aromatic N) is 2. The topological polar surface area (TPSA) is 98.5 Å². The van der Waals surface area contributed by atoms with Crippen molar-refractivity contribution >= 4 is 16.0 Å². The maximum Gasteiger partial charge on any atom is 0.318 e. The van der Waals surface area contributed by atoms with Crippen LogP contribution in [-0.4, -0.2) is 36.9 Å². The molecule has 7 heteroatoms. The minimum Gasteiger partial charge on any atom is -0.480 e. The Morgan fingerprint density at radius 1 is 1.45 bits per heavy atom. The van der Waals surface area contributed by atoms with Crippen LogP contribution in [0.15, 0.2) is 23.1 Å². The van der Waals surface area contributed by atoms with Gasteiger partial charge < -0.3 is 5.11 Å². The number of nitriles is 1. The van der Waals surface area contributed by atoms with Crippen molar-refractivity contribution in [3.8, 4) is 6.07 Å². The maximum atomic E-state index is 12.5. The summed E-state index contributed by atoms with van der Waals surface area (Å²) in [6.45, 7) is 2.87. The average Bonchev–Trinajstić information content (AvgIpc) is 2.37. The summed E-state index contributed by atoms with van der Waals surface area (Å²) in [5, 5.41) is 17.9. The van der Waals surface area contributed by atoms with Gasteiger partial charge in [0.15, 0.2) is 0 Å². The molecule has 6 nitrogen and oxygen atoms in total. The number of hydrogen-bond acceptors (Lipinski definition) is 4. The Hall–Kier alpha value is -1.91. The van der Waals surface area contributed by atoms with Crippen molar-refractivity contribution in [1.82, 2.24) is 4.31 Å². The number of hydrogen-bond donors (Lipinski definition) is 1. The quantitative estimate of drug-likeness (QED) is 0.854. The van der Waals surface area contributed by atoms with Crippen LogP contribution in [0.3, 0.4) is 0 Å². The fourth-order valence-corrected chi connectivity index (χ4v) is 3.52. The lowest BCUT2D eigenvalue weighted by Gasteiger charge is -2.20. The SMILES string of the molecule is CCCN(CC(=O)O)S(=O)(=O)c1cccc(C)c1C#N. The Labute approximate surface area is 118 Å². The molecular weight excluding hydrogens is 280 g/mol. The molecule has 20 heavy (non-hydrogen) atoms. The van der Waals surface area contributed by atoms with Gasteiger partial charge in [0.25, 0.3) is 0 Å². The second-order valence-corrected chi connectivity index (χ2v) is 6.20. The van der Waals surface area contributed by atoms with Gasteiger partial charge in [-0.3, -0.25) is 4.79 Å². The monoisotopic (exact) mass is 296 g/mol. The lowest BCUT2D eigenvalue weighted by Crippen LogP contribution is -2.36. The summed E-state index contributed by atoms with van der Waals surface area (Å²) in [6, 6.07) is 6.37. The molecule has 1 aromatic rings. The van der Waals surface area contributed by atoms with Crippen molar-refractivity contribution < 1.29 is 18.3 Å². The lowest BCUT2D eigenvalue weighted by molar-refractivity contribution is -0.137. The Morgan fingerprint density at radius 3 is 2.60 bits per heavy atom. The molecule has 0 unspecified atom stereocenters. The van der Waals surface area contributed by atoms with E-state index >= 15 is 0 Å². The molecule has 0 amide bonds. The van der Waals surface area contributed by atoms with Crippen molar-refractivity contribution in [2.24, 2.45) is 0 Å². The highest BCUT2D eigenvalue weighted by Crippen LogP contribution is 2.22. The van der Waals surface area contributed by atoms with Crippen LogP contribution in [0.1, 0.15) is 24.5 Å². The van der Waals surface area contributed by atoms with E-state index in [0.29, 0.717) is 12.0 Å². The molecule has 0 aromatic heterocycles. The van der Waals surface area contributed by atoms with Crippen molar-refractivity contribution in [1.29, 1.82) is 5.26 Å². The summed E-state index contributed by atoms with van der Waals surface area (Å²) < 4.78 is 25.9. The first-order valence-corrected chi connectivity index (χ1v) is 7.50. The molecule has 0 saturated carbocycles. The summed E-state index contributed by atoms with van der Waals surface area (Å²) in [4.78, 5) is 10.7. The fourth-order valence-electron chi connectivity index (χ4n) is 1.82. The highest BCUT2D eigenvalue weighted by Gasteiger charge is 2.28. The van der Waals surface area contributed by atoms with Gasteiger partial charge in [-0.1, -0.05) is 19.1 Å². The van der Waals surface area contributed by atoms with Gasteiger partial charge in [0, 0.05) is 6.54 Å². The minimum absolute atomic E-state index is 0.0546. The predicted molar refractivity (Wildman–Crippen MR) is 72.6 cm³/mol. The Morgan fingerprint density at radius 2 is 2.10 bits per heavy atom. The third-order valence-corrected chi connectivity index (χ3v) is 4.64. The number of benzene rings is 1. The molecular formula is C13H16N2O4S. The summed E-state index contributed by atoms with van der Waals surface area (Å²) in [5.74, 6) is -1.23. The molecule has 0 atom stereocenters. The molecule has 0 aliphatic heterocycles. The third-order valence-electron chi connectivity index (χ3n) is 2.75. The Kier molecular flexibility index (Phi) is 5.25. The van der Waals surface area contributed by atoms with Gasteiger partial charge >= 0.3 is 5.97 Å². The van der Waals surface area contributed by atoms with E-state index in [2.05, 4.69) is 0 Å². The number of carbonyl (C=O) groups is 1. The van der Waals surface area contributed by atoms with Gasteiger partial charge in [-0.15, -0.1) is 0 Å². The Balaban J connectivity index is 3.37. The summed E-state index contributed by atoms with van der Waals surface area (Å²) in [7, 11) is -3.99. The second kappa shape index (κ2) is 6.50. The molecule has 0 radical (unpaired) electrons. The van der Waals surface area contributed by atoms with Crippen LogP contribution < -0.4 is 0 Å². The van der Waals surface area contributed by atoms with Crippen LogP contribution in [0.4, 0.5) is 0 Å². The molecule has 0 spiro atoms. The average molecular weight is 296 g/mol. The molecule has 0 saturated heterocycles. The predicted octanol–water partition coefficient (Wildman–Crippen LogP) is 1.35. The smallest absolute Gasteiger partial charge is 0.318 e. The van der Waals surface area contributed by atoms with E-state index in [1.54, 1.807) is 19.9 Å². The van der Waals surface area contributed by atoms with Gasteiger partial charge in [-0.25, -0.2) is 8.42 Å². The van der Waals surface area contributed by atoms with E-state index in [-0.39, 0.29) is 17.0 Å². The van der Waals surface area contributed by atoms with Gasteiger partial charge in [0.05, 0.1) is 5.56 Å². The zero-order valence-corrected chi connectivity index (χ0v) is 12.1. The maximum absolute atomic E-state index is 12.5. The molecule has 1 aromatic carbocycles. The number of aryl methyl sites for hydroxylation is 1. The van der Waals surface area contributed by atoms with Crippen LogP contribution >= 0.6 is 0 Å². The van der Waals surface area contributed by atoms with Crippen LogP contribution in [0.2, 0.25) is 0 Å². The third kappa shape index (κ3) is 3.35. The number of carboxylic acid groups (broad SMARTS) is 1. The first-order valence-electron chi connectivity index (χ1n) is 6.06. The van der Waals surface area contributed by atoms with E-state index in [1.807, 2.05) is 6.07 Å². The van der Waals surface area contributed by atoms with Crippen LogP contribution in [-0.2, 0) is 14.8 Å². The number of rotatable bonds is 6. The highest BCUT2D eigenvalue weighted by molar-refractivity contribution is 7.89. The largest absolute Gasteiger partial charge is 0.480 e. The van der Waals surface area contributed by atoms with E-state index in [9.17, 15) is 13.2 Å². The van der Waals surface area contributed by atoms with E-state index in [1.165, 1.54) is 12.1 Å². The first-order chi connectivity index (χ1) is 9.34. The number of aliphatic carboxylic acids is 1. The van der Waals surface area contributed by atoms with Gasteiger partial charge in [-0.05, 0) is 25.0 Å². The molecule has 1 N–H and O–H groups in total. The van der Waals surface area contributed by atoms with Crippen LogP contribution in [0.5, 0.6) is 0 Å². The van der Waals surface area contributed by atoms with Crippen LogP contribution in [0.25, 0.3) is 0 Å². The lowest BCUT2D eigenvalue weighted by atomic mass is 10.1. The molecule has 1 rings (SSSR count). The Bertz CT molecular complexity index is 647. The molecule has 0 bridgehead atoms. The first kappa shape index (κ1) is 16.1. The van der Waals surface area contributed by atoms with E-state index < -0.39 is 22.5 Å². The van der Waals surface area contributed by atoms with Crippen molar-refractivity contribution in [2.45, 2.75) is 25.2 Å². The van der Waals surface area contributed by atoms with Gasteiger partial charge in [-0.2, -0.15) is 9.57 Å². The highest BCUT2D eigenvalue weighted by atomic mass is 32.2. The van der Waals surface area contributed by atoms with Gasteiger partial charge in [0.2, 0.25) is 10.0 Å². The molecule has 0 fully saturated rings. The zero-order valence-electron chi connectivity index (χ0n) is 11.3. The molecule has 0 aliphatic rings. The van der Waals surface area contributed by atoms with Crippen molar-refractivity contribution in [3.63, 3.8) is 0 Å². The van der Waals surface area contributed by atoms with Crippen molar-refractivity contribution in [2.75, 3.05) is 13.1 Å². The fraction of sp³-hybridized carbons (Fsp3) is 0.385. The van der Waals surface area contributed by atoms with Crippen LogP contribution in [0, 0.1) is 18.3 Å². The molecule has 0 aliphatic carbocycles. The zero-order chi connectivity index (χ0) is 15.3. The number of sulfonamides is 1. The van der Waals surface area contributed by atoms with E-state index in [4.69, 9.17) is 10.4 Å². The molecule has 0 heterocycles. The molecule has 108 valence electrons. The minimum atomic E-state index is -3.99. The van der Waals surface area contributed by atoms with Gasteiger partial charge in [0.1, 0.15) is 17.5 Å². The van der Waals surface area contributed by atoms with Crippen molar-refractivity contribution in [3.05, 3.63) is 29.3 Å². The normalized spacial score (nSPS) is 11.3. The summed E-state index contributed by atoms with van der Waals surface area (Å²) in [6.07, 6.45) is 0.486. The second-order valence-electron chi connectivity index (χ2n) is 4.29. The summed E-state index contributed by atoms with van der Waals surface area (Å²) in [5.41, 5.74) is 0.597. The standard InChI is InChI=1S/C13H16N2O4S/c1-3-7-15(9-13(16)17)20(18,19)12-6-4-5-10(2)11(12)8-14/h4-6H,3,7,9H2,1-2H3,(H,16,17). The van der Waals surface area contributed by atoms with E-state index in [0.717, 1.165) is 4.31 Å². The number of carboxylic acids is 1. The summed E-state index contributed by atoms with van der Waals surface area (Å²) >= 11 is 0.